The van der Waals surface area contributed by atoms with Crippen LogP contribution >= 0.6 is 0 Å². The van der Waals surface area contributed by atoms with Gasteiger partial charge in [-0.05, 0) is 62.4 Å². The van der Waals surface area contributed by atoms with Gasteiger partial charge in [0, 0.05) is 6.04 Å². The van der Waals surface area contributed by atoms with Crippen LogP contribution in [0.25, 0.3) is 0 Å². The summed E-state index contributed by atoms with van der Waals surface area (Å²) >= 11 is 0. The van der Waals surface area contributed by atoms with Crippen LogP contribution in [0.15, 0.2) is 18.2 Å². The van der Waals surface area contributed by atoms with E-state index in [1.807, 2.05) is 12.1 Å². The Hall–Kier alpha value is -1.02. The van der Waals surface area contributed by atoms with E-state index in [0.29, 0.717) is 11.8 Å². The summed E-state index contributed by atoms with van der Waals surface area (Å²) in [5.74, 6) is 0.501. The van der Waals surface area contributed by atoms with E-state index in [1.165, 1.54) is 49.9 Å². The largest absolute Gasteiger partial charge is 0.508 e. The molecule has 1 unspecified atom stereocenters. The molecule has 2 heteroatoms. The molecule has 1 aliphatic heterocycles. The SMILES string of the molecule is Oc1cccc2c1CCCC2N1CCCC1. The van der Waals surface area contributed by atoms with Crippen LogP contribution in [0.2, 0.25) is 0 Å². The van der Waals surface area contributed by atoms with E-state index in [1.54, 1.807) is 0 Å². The highest BCUT2D eigenvalue weighted by Gasteiger charge is 2.28. The zero-order valence-corrected chi connectivity index (χ0v) is 9.65. The number of hydrogen-bond acceptors (Lipinski definition) is 2. The third kappa shape index (κ3) is 1.61. The smallest absolute Gasteiger partial charge is 0.119 e. The van der Waals surface area contributed by atoms with Crippen molar-refractivity contribution in [3.63, 3.8) is 0 Å². The van der Waals surface area contributed by atoms with Gasteiger partial charge in [0.1, 0.15) is 5.75 Å². The summed E-state index contributed by atoms with van der Waals surface area (Å²) in [5.41, 5.74) is 2.58. The minimum absolute atomic E-state index is 0.501. The molecule has 0 radical (unpaired) electrons. The molecule has 16 heavy (non-hydrogen) atoms. The number of phenolic OH excluding ortho intramolecular Hbond substituents is 1. The Labute approximate surface area is 96.9 Å². The predicted octanol–water partition coefficient (Wildman–Crippen LogP) is 2.87. The summed E-state index contributed by atoms with van der Waals surface area (Å²) in [5, 5.41) is 9.90. The minimum atomic E-state index is 0.501. The molecule has 0 amide bonds. The highest BCUT2D eigenvalue weighted by molar-refractivity contribution is 5.42. The average molecular weight is 217 g/mol. The molecular formula is C14H19NO. The van der Waals surface area contributed by atoms with Crippen LogP contribution in [0.5, 0.6) is 5.75 Å². The van der Waals surface area contributed by atoms with Gasteiger partial charge in [-0.15, -0.1) is 0 Å². The fourth-order valence-corrected chi connectivity index (χ4v) is 3.24. The molecule has 1 fully saturated rings. The van der Waals surface area contributed by atoms with E-state index in [2.05, 4.69) is 11.0 Å². The summed E-state index contributed by atoms with van der Waals surface area (Å²) in [7, 11) is 0. The van der Waals surface area contributed by atoms with Crippen LogP contribution in [-0.2, 0) is 6.42 Å². The van der Waals surface area contributed by atoms with E-state index < -0.39 is 0 Å². The molecular weight excluding hydrogens is 198 g/mol. The van der Waals surface area contributed by atoms with Gasteiger partial charge in [-0.3, -0.25) is 4.90 Å². The van der Waals surface area contributed by atoms with Crippen LogP contribution in [0.1, 0.15) is 42.9 Å². The van der Waals surface area contributed by atoms with E-state index >= 15 is 0 Å². The van der Waals surface area contributed by atoms with Crippen LogP contribution in [0, 0.1) is 0 Å². The maximum absolute atomic E-state index is 9.90. The zero-order valence-electron chi connectivity index (χ0n) is 9.65. The minimum Gasteiger partial charge on any atom is -0.508 e. The molecule has 1 N–H and O–H groups in total. The molecule has 0 saturated carbocycles. The Bertz CT molecular complexity index is 382. The number of rotatable bonds is 1. The standard InChI is InChI=1S/C14H19NO/c16-14-8-4-5-11-12(14)6-3-7-13(11)15-9-1-2-10-15/h4-5,8,13,16H,1-3,6-7,9-10H2. The molecule has 3 rings (SSSR count). The first-order chi connectivity index (χ1) is 7.86. The lowest BCUT2D eigenvalue weighted by molar-refractivity contribution is 0.220. The Morgan fingerprint density at radius 2 is 1.94 bits per heavy atom. The highest BCUT2D eigenvalue weighted by Crippen LogP contribution is 2.39. The summed E-state index contributed by atoms with van der Waals surface area (Å²) in [6.07, 6.45) is 6.20. The molecule has 0 aromatic heterocycles. The van der Waals surface area contributed by atoms with Crippen LogP contribution in [0.3, 0.4) is 0 Å². The van der Waals surface area contributed by atoms with Crippen molar-refractivity contribution < 1.29 is 5.11 Å². The van der Waals surface area contributed by atoms with Gasteiger partial charge in [0.15, 0.2) is 0 Å². The summed E-state index contributed by atoms with van der Waals surface area (Å²) in [6, 6.07) is 6.59. The van der Waals surface area contributed by atoms with Crippen LogP contribution in [-0.4, -0.2) is 23.1 Å². The van der Waals surface area contributed by atoms with E-state index in [9.17, 15) is 5.11 Å². The van der Waals surface area contributed by atoms with E-state index in [4.69, 9.17) is 0 Å². The molecule has 1 atom stereocenters. The van der Waals surface area contributed by atoms with Crippen LogP contribution < -0.4 is 0 Å². The van der Waals surface area contributed by atoms with Crippen molar-refractivity contribution in [2.24, 2.45) is 0 Å². The van der Waals surface area contributed by atoms with Gasteiger partial charge >= 0.3 is 0 Å². The molecule has 1 heterocycles. The van der Waals surface area contributed by atoms with Crippen molar-refractivity contribution in [2.75, 3.05) is 13.1 Å². The summed E-state index contributed by atoms with van der Waals surface area (Å²) in [6.45, 7) is 2.47. The third-order valence-corrected chi connectivity index (χ3v) is 4.03. The van der Waals surface area contributed by atoms with Crippen molar-refractivity contribution >= 4 is 0 Å². The molecule has 1 saturated heterocycles. The van der Waals surface area contributed by atoms with Gasteiger partial charge in [0.2, 0.25) is 0 Å². The fourth-order valence-electron chi connectivity index (χ4n) is 3.24. The predicted molar refractivity (Wildman–Crippen MR) is 64.6 cm³/mol. The van der Waals surface area contributed by atoms with Gasteiger partial charge < -0.3 is 5.11 Å². The monoisotopic (exact) mass is 217 g/mol. The first-order valence-corrected chi connectivity index (χ1v) is 6.41. The molecule has 2 nitrogen and oxygen atoms in total. The van der Waals surface area contributed by atoms with Crippen molar-refractivity contribution in [2.45, 2.75) is 38.1 Å². The van der Waals surface area contributed by atoms with Gasteiger partial charge in [-0.2, -0.15) is 0 Å². The third-order valence-electron chi connectivity index (χ3n) is 4.03. The first-order valence-electron chi connectivity index (χ1n) is 6.41. The molecule has 1 aliphatic carbocycles. The summed E-state index contributed by atoms with van der Waals surface area (Å²) in [4.78, 5) is 2.59. The van der Waals surface area contributed by atoms with Gasteiger partial charge in [0.05, 0.1) is 0 Å². The van der Waals surface area contributed by atoms with Crippen molar-refractivity contribution in [1.29, 1.82) is 0 Å². The number of nitrogens with zero attached hydrogens (tertiary/aromatic N) is 1. The van der Waals surface area contributed by atoms with Gasteiger partial charge in [-0.1, -0.05) is 12.1 Å². The topological polar surface area (TPSA) is 23.5 Å². The lowest BCUT2D eigenvalue weighted by Crippen LogP contribution is -2.28. The quantitative estimate of drug-likeness (QED) is 0.782. The molecule has 0 spiro atoms. The first kappa shape index (κ1) is 10.2. The second kappa shape index (κ2) is 4.10. The number of fused-ring (bicyclic) bond motifs is 1. The fraction of sp³-hybridized carbons (Fsp3) is 0.571. The lowest BCUT2D eigenvalue weighted by atomic mass is 9.86. The Morgan fingerprint density at radius 3 is 2.75 bits per heavy atom. The number of hydrogen-bond donors (Lipinski definition) is 1. The lowest BCUT2D eigenvalue weighted by Gasteiger charge is -2.33. The Balaban J connectivity index is 1.96. The molecule has 0 bridgehead atoms. The number of phenols is 1. The highest BCUT2D eigenvalue weighted by atomic mass is 16.3. The Morgan fingerprint density at radius 1 is 1.12 bits per heavy atom. The molecule has 86 valence electrons. The van der Waals surface area contributed by atoms with E-state index in [-0.39, 0.29) is 0 Å². The number of likely N-dealkylation sites (tertiary alicyclic amines) is 1. The molecule has 1 aromatic carbocycles. The van der Waals surface area contributed by atoms with Crippen LogP contribution in [0.4, 0.5) is 0 Å². The number of benzene rings is 1. The second-order valence-corrected chi connectivity index (χ2v) is 5.00. The van der Waals surface area contributed by atoms with Crippen molar-refractivity contribution in [3.05, 3.63) is 29.3 Å². The molecule has 1 aromatic rings. The van der Waals surface area contributed by atoms with Gasteiger partial charge in [-0.25, -0.2) is 0 Å². The zero-order chi connectivity index (χ0) is 11.0. The van der Waals surface area contributed by atoms with Crippen molar-refractivity contribution in [1.82, 2.24) is 4.90 Å². The van der Waals surface area contributed by atoms with Gasteiger partial charge in [0.25, 0.3) is 0 Å². The average Bonchev–Trinajstić information content (AvgIpc) is 2.82. The Kier molecular flexibility index (Phi) is 2.60. The van der Waals surface area contributed by atoms with Crippen molar-refractivity contribution in [3.8, 4) is 5.75 Å². The maximum Gasteiger partial charge on any atom is 0.119 e. The normalized spacial score (nSPS) is 25.6. The molecule has 2 aliphatic rings. The van der Waals surface area contributed by atoms with E-state index in [0.717, 1.165) is 6.42 Å². The number of aromatic hydroxyl groups is 1. The second-order valence-electron chi connectivity index (χ2n) is 5.00. The summed E-state index contributed by atoms with van der Waals surface area (Å²) < 4.78 is 0. The maximum atomic E-state index is 9.90.